The first-order valence-corrected chi connectivity index (χ1v) is 6.39. The van der Waals surface area contributed by atoms with E-state index in [-0.39, 0.29) is 17.4 Å². The van der Waals surface area contributed by atoms with Gasteiger partial charge in [0, 0.05) is 12.0 Å². The molecule has 2 aliphatic rings. The molecule has 0 spiro atoms. The molecule has 98 valence electrons. The molecule has 2 saturated heterocycles. The van der Waals surface area contributed by atoms with E-state index in [2.05, 4.69) is 10.6 Å². The third-order valence-electron chi connectivity index (χ3n) is 3.63. The lowest BCUT2D eigenvalue weighted by molar-refractivity contribution is -0.134. The average Bonchev–Trinajstić information content (AvgIpc) is 2.38. The highest BCUT2D eigenvalue weighted by Gasteiger charge is 2.34. The number of hydrogen-bond donors (Lipinski definition) is 2. The van der Waals surface area contributed by atoms with Crippen molar-refractivity contribution in [2.45, 2.75) is 25.9 Å². The normalized spacial score (nSPS) is 28.6. The minimum absolute atomic E-state index is 0.0121. The Kier molecular flexibility index (Phi) is 4.36. The molecule has 2 fully saturated rings. The van der Waals surface area contributed by atoms with Crippen molar-refractivity contribution in [3.63, 3.8) is 0 Å². The summed E-state index contributed by atoms with van der Waals surface area (Å²) < 4.78 is 10.8. The van der Waals surface area contributed by atoms with Crippen molar-refractivity contribution in [2.75, 3.05) is 39.5 Å². The summed E-state index contributed by atoms with van der Waals surface area (Å²) in [5.74, 6) is 0.146. The van der Waals surface area contributed by atoms with Crippen LogP contribution in [0.25, 0.3) is 0 Å². The molecule has 0 saturated carbocycles. The summed E-state index contributed by atoms with van der Waals surface area (Å²) in [5, 5.41) is 6.27. The number of carbonyl (C=O) groups is 1. The molecule has 2 rings (SSSR count). The average molecular weight is 242 g/mol. The van der Waals surface area contributed by atoms with Crippen LogP contribution in [0.3, 0.4) is 0 Å². The molecular weight excluding hydrogens is 220 g/mol. The van der Waals surface area contributed by atoms with Gasteiger partial charge < -0.3 is 20.1 Å². The maximum absolute atomic E-state index is 12.1. The molecule has 5 heteroatoms. The summed E-state index contributed by atoms with van der Waals surface area (Å²) in [5.41, 5.74) is -0.221. The van der Waals surface area contributed by atoms with E-state index in [4.69, 9.17) is 9.47 Å². The monoisotopic (exact) mass is 242 g/mol. The number of hydrogen-bond acceptors (Lipinski definition) is 4. The summed E-state index contributed by atoms with van der Waals surface area (Å²) in [7, 11) is 0. The largest absolute Gasteiger partial charge is 0.376 e. The zero-order valence-corrected chi connectivity index (χ0v) is 10.5. The second-order valence-electron chi connectivity index (χ2n) is 5.09. The van der Waals surface area contributed by atoms with Gasteiger partial charge in [0.15, 0.2) is 0 Å². The van der Waals surface area contributed by atoms with Gasteiger partial charge in [0.05, 0.1) is 25.9 Å². The second-order valence-corrected chi connectivity index (χ2v) is 5.09. The predicted octanol–water partition coefficient (Wildman–Crippen LogP) is -0.0923. The van der Waals surface area contributed by atoms with Gasteiger partial charge in [0.1, 0.15) is 0 Å². The van der Waals surface area contributed by atoms with Crippen LogP contribution in [0.2, 0.25) is 0 Å². The molecule has 0 radical (unpaired) electrons. The molecule has 17 heavy (non-hydrogen) atoms. The van der Waals surface area contributed by atoms with Crippen molar-refractivity contribution in [3.05, 3.63) is 0 Å². The van der Waals surface area contributed by atoms with E-state index in [1.807, 2.05) is 6.92 Å². The van der Waals surface area contributed by atoms with Gasteiger partial charge in [-0.1, -0.05) is 6.92 Å². The molecule has 0 aliphatic carbocycles. The fourth-order valence-electron chi connectivity index (χ4n) is 2.28. The van der Waals surface area contributed by atoms with E-state index in [1.165, 1.54) is 0 Å². The van der Waals surface area contributed by atoms with Crippen LogP contribution < -0.4 is 10.6 Å². The second kappa shape index (κ2) is 5.80. The van der Waals surface area contributed by atoms with Crippen molar-refractivity contribution >= 4 is 5.91 Å². The molecule has 0 aromatic rings. The van der Waals surface area contributed by atoms with Crippen LogP contribution in [0.1, 0.15) is 19.8 Å². The van der Waals surface area contributed by atoms with E-state index in [1.54, 1.807) is 0 Å². The Bertz CT molecular complexity index is 258. The summed E-state index contributed by atoms with van der Waals surface area (Å²) in [6.07, 6.45) is 1.82. The maximum Gasteiger partial charge on any atom is 0.226 e. The van der Waals surface area contributed by atoms with Crippen molar-refractivity contribution in [1.29, 1.82) is 0 Å². The minimum Gasteiger partial charge on any atom is -0.376 e. The number of piperidine rings is 1. The molecule has 2 heterocycles. The number of carbonyl (C=O) groups excluding carboxylic acids is 1. The molecule has 0 bridgehead atoms. The highest BCUT2D eigenvalue weighted by Crippen LogP contribution is 2.27. The molecule has 2 N–H and O–H groups in total. The predicted molar refractivity (Wildman–Crippen MR) is 63.8 cm³/mol. The van der Waals surface area contributed by atoms with Gasteiger partial charge in [-0.15, -0.1) is 0 Å². The van der Waals surface area contributed by atoms with Crippen LogP contribution in [-0.4, -0.2) is 51.5 Å². The van der Waals surface area contributed by atoms with Gasteiger partial charge in [0.2, 0.25) is 5.91 Å². The maximum atomic E-state index is 12.1. The standard InChI is InChI=1S/C12H22N2O3/c1-12(2-4-13-5-3-12)11(15)14-8-10-9-16-6-7-17-10/h10,13H,2-9H2,1H3,(H,14,15). The van der Waals surface area contributed by atoms with E-state index in [0.29, 0.717) is 26.4 Å². The van der Waals surface area contributed by atoms with Crippen molar-refractivity contribution in [2.24, 2.45) is 5.41 Å². The summed E-state index contributed by atoms with van der Waals surface area (Å²) in [4.78, 5) is 12.1. The van der Waals surface area contributed by atoms with Gasteiger partial charge in [-0.2, -0.15) is 0 Å². The van der Waals surface area contributed by atoms with Crippen LogP contribution in [0.15, 0.2) is 0 Å². The van der Waals surface area contributed by atoms with E-state index >= 15 is 0 Å². The minimum atomic E-state index is -0.221. The fourth-order valence-corrected chi connectivity index (χ4v) is 2.28. The summed E-state index contributed by atoms with van der Waals surface area (Å²) >= 11 is 0. The van der Waals surface area contributed by atoms with Crippen molar-refractivity contribution in [1.82, 2.24) is 10.6 Å². The molecular formula is C12H22N2O3. The molecule has 1 unspecified atom stereocenters. The molecule has 0 aromatic heterocycles. The van der Waals surface area contributed by atoms with Gasteiger partial charge in [-0.05, 0) is 25.9 Å². The van der Waals surface area contributed by atoms with E-state index in [0.717, 1.165) is 25.9 Å². The quantitative estimate of drug-likeness (QED) is 0.726. The Balaban J connectivity index is 1.75. The first-order valence-electron chi connectivity index (χ1n) is 6.39. The highest BCUT2D eigenvalue weighted by molar-refractivity contribution is 5.82. The third-order valence-corrected chi connectivity index (χ3v) is 3.63. The Morgan fingerprint density at radius 1 is 1.41 bits per heavy atom. The lowest BCUT2D eigenvalue weighted by Gasteiger charge is -2.33. The van der Waals surface area contributed by atoms with Crippen LogP contribution >= 0.6 is 0 Å². The van der Waals surface area contributed by atoms with Crippen LogP contribution in [0, 0.1) is 5.41 Å². The van der Waals surface area contributed by atoms with Crippen LogP contribution in [0.4, 0.5) is 0 Å². The number of nitrogens with one attached hydrogen (secondary N) is 2. The Labute approximate surface area is 102 Å². The zero-order chi connectivity index (χ0) is 12.1. The number of amides is 1. The summed E-state index contributed by atoms with van der Waals surface area (Å²) in [6, 6.07) is 0. The van der Waals surface area contributed by atoms with Crippen LogP contribution in [-0.2, 0) is 14.3 Å². The third kappa shape index (κ3) is 3.40. The first-order chi connectivity index (χ1) is 8.21. The SMILES string of the molecule is CC1(C(=O)NCC2COCCO2)CCNCC1. The molecule has 2 aliphatic heterocycles. The smallest absolute Gasteiger partial charge is 0.226 e. The molecule has 5 nitrogen and oxygen atoms in total. The van der Waals surface area contributed by atoms with Gasteiger partial charge >= 0.3 is 0 Å². The van der Waals surface area contributed by atoms with Crippen molar-refractivity contribution in [3.8, 4) is 0 Å². The van der Waals surface area contributed by atoms with E-state index in [9.17, 15) is 4.79 Å². The van der Waals surface area contributed by atoms with Crippen LogP contribution in [0.5, 0.6) is 0 Å². The zero-order valence-electron chi connectivity index (χ0n) is 10.5. The van der Waals surface area contributed by atoms with Crippen molar-refractivity contribution < 1.29 is 14.3 Å². The fraction of sp³-hybridized carbons (Fsp3) is 0.917. The lowest BCUT2D eigenvalue weighted by atomic mass is 9.80. The molecule has 1 amide bonds. The number of ether oxygens (including phenoxy) is 2. The van der Waals surface area contributed by atoms with E-state index < -0.39 is 0 Å². The van der Waals surface area contributed by atoms with Gasteiger partial charge in [0.25, 0.3) is 0 Å². The van der Waals surface area contributed by atoms with Gasteiger partial charge in [-0.3, -0.25) is 4.79 Å². The Morgan fingerprint density at radius 2 is 2.18 bits per heavy atom. The first kappa shape index (κ1) is 12.8. The lowest BCUT2D eigenvalue weighted by Crippen LogP contribution is -2.48. The topological polar surface area (TPSA) is 59.6 Å². The molecule has 1 atom stereocenters. The Hall–Kier alpha value is -0.650. The molecule has 0 aromatic carbocycles. The highest BCUT2D eigenvalue weighted by atomic mass is 16.6. The number of rotatable bonds is 3. The Morgan fingerprint density at radius 3 is 2.82 bits per heavy atom. The van der Waals surface area contributed by atoms with Gasteiger partial charge in [-0.25, -0.2) is 0 Å². The summed E-state index contributed by atoms with van der Waals surface area (Å²) in [6.45, 7) is 6.32.